The first-order valence-corrected chi connectivity index (χ1v) is 3.65. The van der Waals surface area contributed by atoms with E-state index in [4.69, 9.17) is 0 Å². The molecule has 0 spiro atoms. The first kappa shape index (κ1) is 6.30. The predicted octanol–water partition coefficient (Wildman–Crippen LogP) is 1.65. The molecule has 0 aromatic rings. The van der Waals surface area contributed by atoms with Crippen LogP contribution in [-0.4, -0.2) is 12.6 Å². The van der Waals surface area contributed by atoms with Gasteiger partial charge in [0.15, 0.2) is 0 Å². The van der Waals surface area contributed by atoms with Crippen molar-refractivity contribution in [1.82, 2.24) is 5.32 Å². The topological polar surface area (TPSA) is 12.0 Å². The molecule has 0 saturated heterocycles. The quantitative estimate of drug-likeness (QED) is 0.689. The summed E-state index contributed by atoms with van der Waals surface area (Å²) >= 11 is 3.27. The van der Waals surface area contributed by atoms with Gasteiger partial charge in [0.25, 0.3) is 0 Å². The molecule has 1 aliphatic rings. The molecule has 0 atom stereocenters. The third-order valence-electron chi connectivity index (χ3n) is 1.16. The Morgan fingerprint density at radius 3 is 2.75 bits per heavy atom. The van der Waals surface area contributed by atoms with Crippen molar-refractivity contribution in [2.45, 2.75) is 18.9 Å². The lowest BCUT2D eigenvalue weighted by molar-refractivity contribution is 0.751. The van der Waals surface area contributed by atoms with E-state index in [1.807, 2.05) is 0 Å². The van der Waals surface area contributed by atoms with Crippen molar-refractivity contribution in [2.24, 2.45) is 0 Å². The van der Waals surface area contributed by atoms with Crippen molar-refractivity contribution in [3.8, 4) is 0 Å². The van der Waals surface area contributed by atoms with Gasteiger partial charge < -0.3 is 5.32 Å². The van der Waals surface area contributed by atoms with E-state index in [1.165, 1.54) is 12.8 Å². The molecule has 1 nitrogen and oxygen atoms in total. The summed E-state index contributed by atoms with van der Waals surface area (Å²) in [6.07, 6.45) is 2.70. The van der Waals surface area contributed by atoms with Crippen LogP contribution in [0.15, 0.2) is 11.1 Å². The summed E-state index contributed by atoms with van der Waals surface area (Å²) in [5.74, 6) is 0. The smallest absolute Gasteiger partial charge is 0.0268 e. The van der Waals surface area contributed by atoms with Crippen LogP contribution in [0.4, 0.5) is 0 Å². The van der Waals surface area contributed by atoms with Gasteiger partial charge in [-0.25, -0.2) is 0 Å². The van der Waals surface area contributed by atoms with Gasteiger partial charge in [-0.05, 0) is 12.8 Å². The van der Waals surface area contributed by atoms with Gasteiger partial charge in [0.05, 0.1) is 0 Å². The molecule has 2 heteroatoms. The molecule has 46 valence electrons. The highest BCUT2D eigenvalue weighted by Gasteiger charge is 2.19. The standard InChI is InChI=1S/C6H10BrN/c1-5(7)4-8-6-2-3-6/h6,8H,1-4H2. The second kappa shape index (κ2) is 2.65. The summed E-state index contributed by atoms with van der Waals surface area (Å²) in [7, 11) is 0. The molecule has 1 N–H and O–H groups in total. The zero-order valence-corrected chi connectivity index (χ0v) is 6.37. The first-order chi connectivity index (χ1) is 3.79. The van der Waals surface area contributed by atoms with Gasteiger partial charge in [-0.2, -0.15) is 0 Å². The molecule has 1 rings (SSSR count). The zero-order valence-electron chi connectivity index (χ0n) is 4.78. The molecule has 0 aliphatic heterocycles. The Bertz CT molecular complexity index is 96.7. The van der Waals surface area contributed by atoms with E-state index in [9.17, 15) is 0 Å². The molecule has 0 amide bonds. The van der Waals surface area contributed by atoms with Crippen molar-refractivity contribution < 1.29 is 0 Å². The molecule has 1 fully saturated rings. The lowest BCUT2D eigenvalue weighted by atomic mass is 10.6. The summed E-state index contributed by atoms with van der Waals surface area (Å²) in [5.41, 5.74) is 0. The van der Waals surface area contributed by atoms with Gasteiger partial charge in [-0.3, -0.25) is 0 Å². The minimum Gasteiger partial charge on any atom is -0.309 e. The number of nitrogens with one attached hydrogen (secondary N) is 1. The van der Waals surface area contributed by atoms with Crippen LogP contribution < -0.4 is 5.32 Å². The van der Waals surface area contributed by atoms with Gasteiger partial charge in [0.1, 0.15) is 0 Å². The minimum absolute atomic E-state index is 0.796. The van der Waals surface area contributed by atoms with E-state index in [0.717, 1.165) is 17.1 Å². The highest BCUT2D eigenvalue weighted by atomic mass is 79.9. The molecule has 0 bridgehead atoms. The lowest BCUT2D eigenvalue weighted by Crippen LogP contribution is -2.16. The summed E-state index contributed by atoms with van der Waals surface area (Å²) in [5, 5.41) is 3.31. The average molecular weight is 176 g/mol. The Morgan fingerprint density at radius 1 is 1.75 bits per heavy atom. The highest BCUT2D eigenvalue weighted by Crippen LogP contribution is 2.18. The molecule has 0 aromatic heterocycles. The average Bonchev–Trinajstić information content (AvgIpc) is 2.41. The number of hydrogen-bond donors (Lipinski definition) is 1. The molecule has 1 saturated carbocycles. The molecule has 0 aromatic carbocycles. The van der Waals surface area contributed by atoms with Crippen LogP contribution in [0.1, 0.15) is 12.8 Å². The van der Waals surface area contributed by atoms with E-state index < -0.39 is 0 Å². The van der Waals surface area contributed by atoms with Gasteiger partial charge in [0, 0.05) is 17.1 Å². The number of hydrogen-bond acceptors (Lipinski definition) is 1. The van der Waals surface area contributed by atoms with Gasteiger partial charge >= 0.3 is 0 Å². The maximum absolute atomic E-state index is 3.71. The van der Waals surface area contributed by atoms with Gasteiger partial charge in [0.2, 0.25) is 0 Å². The van der Waals surface area contributed by atoms with Crippen LogP contribution in [0.2, 0.25) is 0 Å². The van der Waals surface area contributed by atoms with Crippen molar-refractivity contribution in [3.63, 3.8) is 0 Å². The normalized spacial score (nSPS) is 18.6. The van der Waals surface area contributed by atoms with E-state index in [-0.39, 0.29) is 0 Å². The molecule has 0 heterocycles. The van der Waals surface area contributed by atoms with Crippen molar-refractivity contribution in [3.05, 3.63) is 11.1 Å². The maximum Gasteiger partial charge on any atom is 0.0268 e. The van der Waals surface area contributed by atoms with Crippen LogP contribution in [0.25, 0.3) is 0 Å². The SMILES string of the molecule is C=C(Br)CNC1CC1. The van der Waals surface area contributed by atoms with E-state index in [0.29, 0.717) is 0 Å². The Labute approximate surface area is 58.3 Å². The fraction of sp³-hybridized carbons (Fsp3) is 0.667. The predicted molar refractivity (Wildman–Crippen MR) is 39.1 cm³/mol. The second-order valence-corrected chi connectivity index (χ2v) is 3.29. The largest absolute Gasteiger partial charge is 0.309 e. The Hall–Kier alpha value is 0.180. The lowest BCUT2D eigenvalue weighted by Gasteiger charge is -1.96. The van der Waals surface area contributed by atoms with Crippen LogP contribution >= 0.6 is 15.9 Å². The zero-order chi connectivity index (χ0) is 5.98. The monoisotopic (exact) mass is 175 g/mol. The van der Waals surface area contributed by atoms with E-state index in [1.54, 1.807) is 0 Å². The van der Waals surface area contributed by atoms with E-state index in [2.05, 4.69) is 27.8 Å². The van der Waals surface area contributed by atoms with Crippen LogP contribution in [0.5, 0.6) is 0 Å². The summed E-state index contributed by atoms with van der Waals surface area (Å²) in [4.78, 5) is 0. The minimum atomic E-state index is 0.796. The van der Waals surface area contributed by atoms with E-state index >= 15 is 0 Å². The number of halogens is 1. The third-order valence-corrected chi connectivity index (χ3v) is 1.44. The van der Waals surface area contributed by atoms with Crippen molar-refractivity contribution in [1.29, 1.82) is 0 Å². The summed E-state index contributed by atoms with van der Waals surface area (Å²) in [6, 6.07) is 0.796. The van der Waals surface area contributed by atoms with Gasteiger partial charge in [-0.1, -0.05) is 22.5 Å². The molecule has 1 aliphatic carbocycles. The van der Waals surface area contributed by atoms with Crippen molar-refractivity contribution >= 4 is 15.9 Å². The molecule has 0 unspecified atom stereocenters. The molecular weight excluding hydrogens is 166 g/mol. The molecule has 0 radical (unpaired) electrons. The van der Waals surface area contributed by atoms with Gasteiger partial charge in [-0.15, -0.1) is 0 Å². The van der Waals surface area contributed by atoms with Crippen LogP contribution in [0, 0.1) is 0 Å². The Morgan fingerprint density at radius 2 is 2.38 bits per heavy atom. The second-order valence-electron chi connectivity index (χ2n) is 2.17. The molecular formula is C6H10BrN. The fourth-order valence-electron chi connectivity index (χ4n) is 0.543. The number of rotatable bonds is 3. The van der Waals surface area contributed by atoms with Crippen LogP contribution in [-0.2, 0) is 0 Å². The van der Waals surface area contributed by atoms with Crippen LogP contribution in [0.3, 0.4) is 0 Å². The molecule has 8 heavy (non-hydrogen) atoms. The first-order valence-electron chi connectivity index (χ1n) is 2.85. The highest BCUT2D eigenvalue weighted by molar-refractivity contribution is 9.11. The summed E-state index contributed by atoms with van der Waals surface area (Å²) in [6.45, 7) is 4.63. The Kier molecular flexibility index (Phi) is 2.08. The Balaban J connectivity index is 1.95. The summed E-state index contributed by atoms with van der Waals surface area (Å²) < 4.78 is 1.05. The van der Waals surface area contributed by atoms with Crippen molar-refractivity contribution in [2.75, 3.05) is 6.54 Å². The maximum atomic E-state index is 3.71. The third kappa shape index (κ3) is 2.48. The fourth-order valence-corrected chi connectivity index (χ4v) is 0.704.